The Bertz CT molecular complexity index is 496. The van der Waals surface area contributed by atoms with E-state index in [1.807, 2.05) is 19.1 Å². The second-order valence-corrected chi connectivity index (χ2v) is 5.90. The lowest BCUT2D eigenvalue weighted by Gasteiger charge is -2.12. The minimum atomic E-state index is -0.0176. The van der Waals surface area contributed by atoms with Crippen molar-refractivity contribution in [2.24, 2.45) is 5.92 Å². The zero-order valence-electron chi connectivity index (χ0n) is 12.9. The molecule has 1 unspecified atom stereocenters. The molecular formula is C17H24N2O2. The molecule has 0 radical (unpaired) electrons. The molecule has 1 amide bonds. The van der Waals surface area contributed by atoms with Crippen LogP contribution in [0.2, 0.25) is 0 Å². The van der Waals surface area contributed by atoms with E-state index in [1.54, 1.807) is 12.1 Å². The van der Waals surface area contributed by atoms with E-state index < -0.39 is 0 Å². The van der Waals surface area contributed by atoms with Gasteiger partial charge < -0.3 is 15.0 Å². The largest absolute Gasteiger partial charge is 0.489 e. The number of ether oxygens (including phenoxy) is 1. The lowest BCUT2D eigenvalue weighted by atomic mass is 10.1. The quantitative estimate of drug-likeness (QED) is 0.817. The monoisotopic (exact) mass is 288 g/mol. The molecule has 0 spiro atoms. The van der Waals surface area contributed by atoms with Gasteiger partial charge in [0.2, 0.25) is 0 Å². The van der Waals surface area contributed by atoms with E-state index in [4.69, 9.17) is 4.74 Å². The summed E-state index contributed by atoms with van der Waals surface area (Å²) in [5, 5.41) is 3.01. The van der Waals surface area contributed by atoms with Crippen LogP contribution in [0.15, 0.2) is 36.4 Å². The van der Waals surface area contributed by atoms with Gasteiger partial charge in [-0.1, -0.05) is 6.58 Å². The van der Waals surface area contributed by atoms with E-state index in [1.165, 1.54) is 0 Å². The third-order valence-electron chi connectivity index (χ3n) is 3.64. The molecular weight excluding hydrogens is 264 g/mol. The number of benzene rings is 1. The SMILES string of the molecule is C=C(C)COc1ccc(C(=O)NCC2CCN(C)C2)cc1. The fourth-order valence-corrected chi connectivity index (χ4v) is 2.44. The van der Waals surface area contributed by atoms with Crippen LogP contribution in [0.25, 0.3) is 0 Å². The first-order chi connectivity index (χ1) is 10.0. The molecule has 2 rings (SSSR count). The zero-order chi connectivity index (χ0) is 15.2. The normalized spacial score (nSPS) is 18.5. The Labute approximate surface area is 126 Å². The summed E-state index contributed by atoms with van der Waals surface area (Å²) in [6, 6.07) is 7.23. The predicted molar refractivity (Wildman–Crippen MR) is 84.7 cm³/mol. The summed E-state index contributed by atoms with van der Waals surface area (Å²) in [5.74, 6) is 1.31. The first kappa shape index (κ1) is 15.6. The number of hydrogen-bond acceptors (Lipinski definition) is 3. The summed E-state index contributed by atoms with van der Waals surface area (Å²) in [6.45, 7) is 9.14. The van der Waals surface area contributed by atoms with Gasteiger partial charge in [0, 0.05) is 18.7 Å². The second kappa shape index (κ2) is 7.27. The Morgan fingerprint density at radius 1 is 1.43 bits per heavy atom. The van der Waals surface area contributed by atoms with Gasteiger partial charge >= 0.3 is 0 Å². The topological polar surface area (TPSA) is 41.6 Å². The Balaban J connectivity index is 1.80. The highest BCUT2D eigenvalue weighted by Crippen LogP contribution is 2.15. The molecule has 0 saturated carbocycles. The Kier molecular flexibility index (Phi) is 5.39. The van der Waals surface area contributed by atoms with Gasteiger partial charge in [-0.3, -0.25) is 4.79 Å². The summed E-state index contributed by atoms with van der Waals surface area (Å²) in [7, 11) is 2.12. The molecule has 0 aromatic heterocycles. The van der Waals surface area contributed by atoms with E-state index in [-0.39, 0.29) is 5.91 Å². The third kappa shape index (κ3) is 4.90. The molecule has 1 aliphatic heterocycles. The van der Waals surface area contributed by atoms with Crippen molar-refractivity contribution in [1.82, 2.24) is 10.2 Å². The fourth-order valence-electron chi connectivity index (χ4n) is 2.44. The molecule has 0 bridgehead atoms. The van der Waals surface area contributed by atoms with E-state index in [0.29, 0.717) is 18.1 Å². The third-order valence-corrected chi connectivity index (χ3v) is 3.64. The van der Waals surface area contributed by atoms with Crippen molar-refractivity contribution in [1.29, 1.82) is 0 Å². The standard InChI is InChI=1S/C17H24N2O2/c1-13(2)12-21-16-6-4-15(5-7-16)17(20)18-10-14-8-9-19(3)11-14/h4-7,14H,1,8-12H2,2-3H3,(H,18,20). The van der Waals surface area contributed by atoms with Crippen LogP contribution in [0.4, 0.5) is 0 Å². The number of nitrogens with one attached hydrogen (secondary N) is 1. The van der Waals surface area contributed by atoms with Crippen molar-refractivity contribution in [2.75, 3.05) is 33.3 Å². The molecule has 1 N–H and O–H groups in total. The number of hydrogen-bond donors (Lipinski definition) is 1. The second-order valence-electron chi connectivity index (χ2n) is 5.90. The molecule has 1 aliphatic rings. The van der Waals surface area contributed by atoms with Crippen molar-refractivity contribution in [2.45, 2.75) is 13.3 Å². The van der Waals surface area contributed by atoms with Gasteiger partial charge in [0.05, 0.1) is 0 Å². The molecule has 114 valence electrons. The summed E-state index contributed by atoms with van der Waals surface area (Å²) < 4.78 is 5.52. The van der Waals surface area contributed by atoms with Crippen molar-refractivity contribution in [3.8, 4) is 5.75 Å². The Morgan fingerprint density at radius 3 is 2.71 bits per heavy atom. The minimum Gasteiger partial charge on any atom is -0.489 e. The van der Waals surface area contributed by atoms with Crippen LogP contribution in [0.3, 0.4) is 0 Å². The van der Waals surface area contributed by atoms with E-state index in [9.17, 15) is 4.79 Å². The maximum Gasteiger partial charge on any atom is 0.251 e. The highest BCUT2D eigenvalue weighted by Gasteiger charge is 2.19. The molecule has 1 saturated heterocycles. The van der Waals surface area contributed by atoms with Crippen molar-refractivity contribution in [3.05, 3.63) is 42.0 Å². The van der Waals surface area contributed by atoms with Gasteiger partial charge in [0.25, 0.3) is 5.91 Å². The molecule has 1 heterocycles. The van der Waals surface area contributed by atoms with Crippen LogP contribution in [-0.4, -0.2) is 44.1 Å². The predicted octanol–water partition coefficient (Wildman–Crippen LogP) is 2.32. The summed E-state index contributed by atoms with van der Waals surface area (Å²) in [5.41, 5.74) is 1.64. The lowest BCUT2D eigenvalue weighted by Crippen LogP contribution is -2.30. The molecule has 1 atom stereocenters. The number of nitrogens with zero attached hydrogens (tertiary/aromatic N) is 1. The van der Waals surface area contributed by atoms with Crippen molar-refractivity contribution in [3.63, 3.8) is 0 Å². The van der Waals surface area contributed by atoms with Crippen LogP contribution in [0.1, 0.15) is 23.7 Å². The number of rotatable bonds is 6. The van der Waals surface area contributed by atoms with Gasteiger partial charge in [-0.15, -0.1) is 0 Å². The number of carbonyl (C=O) groups excluding carboxylic acids is 1. The number of likely N-dealkylation sites (tertiary alicyclic amines) is 1. The minimum absolute atomic E-state index is 0.0176. The number of carbonyl (C=O) groups is 1. The van der Waals surface area contributed by atoms with Gasteiger partial charge in [0.1, 0.15) is 12.4 Å². The highest BCUT2D eigenvalue weighted by molar-refractivity contribution is 5.94. The van der Waals surface area contributed by atoms with E-state index in [0.717, 1.165) is 37.4 Å². The first-order valence-electron chi connectivity index (χ1n) is 7.38. The van der Waals surface area contributed by atoms with Crippen LogP contribution < -0.4 is 10.1 Å². The number of amides is 1. The summed E-state index contributed by atoms with van der Waals surface area (Å²) in [4.78, 5) is 14.4. The molecule has 4 heteroatoms. The van der Waals surface area contributed by atoms with Crippen LogP contribution in [-0.2, 0) is 0 Å². The van der Waals surface area contributed by atoms with Gasteiger partial charge in [-0.2, -0.15) is 0 Å². The smallest absolute Gasteiger partial charge is 0.251 e. The van der Waals surface area contributed by atoms with Gasteiger partial charge in [-0.25, -0.2) is 0 Å². The molecule has 1 aromatic carbocycles. The molecule has 4 nitrogen and oxygen atoms in total. The maximum absolute atomic E-state index is 12.1. The average Bonchev–Trinajstić information content (AvgIpc) is 2.89. The van der Waals surface area contributed by atoms with Crippen LogP contribution >= 0.6 is 0 Å². The molecule has 1 fully saturated rings. The Hall–Kier alpha value is -1.81. The van der Waals surface area contributed by atoms with Crippen molar-refractivity contribution >= 4 is 5.91 Å². The first-order valence-corrected chi connectivity index (χ1v) is 7.38. The molecule has 1 aromatic rings. The fraction of sp³-hybridized carbons (Fsp3) is 0.471. The average molecular weight is 288 g/mol. The lowest BCUT2D eigenvalue weighted by molar-refractivity contribution is 0.0947. The maximum atomic E-state index is 12.1. The Morgan fingerprint density at radius 2 is 2.14 bits per heavy atom. The van der Waals surface area contributed by atoms with Crippen LogP contribution in [0, 0.1) is 5.92 Å². The van der Waals surface area contributed by atoms with Gasteiger partial charge in [-0.05, 0) is 62.7 Å². The molecule has 0 aliphatic carbocycles. The summed E-state index contributed by atoms with van der Waals surface area (Å²) >= 11 is 0. The van der Waals surface area contributed by atoms with E-state index >= 15 is 0 Å². The van der Waals surface area contributed by atoms with Crippen molar-refractivity contribution < 1.29 is 9.53 Å². The van der Waals surface area contributed by atoms with E-state index in [2.05, 4.69) is 23.8 Å². The van der Waals surface area contributed by atoms with Crippen LogP contribution in [0.5, 0.6) is 5.75 Å². The summed E-state index contributed by atoms with van der Waals surface area (Å²) in [6.07, 6.45) is 1.16. The highest BCUT2D eigenvalue weighted by atomic mass is 16.5. The zero-order valence-corrected chi connectivity index (χ0v) is 12.9. The molecule has 21 heavy (non-hydrogen) atoms. The van der Waals surface area contributed by atoms with Gasteiger partial charge in [0.15, 0.2) is 0 Å².